The number of carbonyl (C=O) groups is 1. The molecule has 1 aliphatic rings. The number of anilines is 2. The molecular formula is C12H9ClN2O3S2. The Hall–Kier alpha value is -1.57. The van der Waals surface area contributed by atoms with Crippen LogP contribution in [0.1, 0.15) is 5.56 Å². The highest BCUT2D eigenvalue weighted by Gasteiger charge is 2.25. The van der Waals surface area contributed by atoms with Crippen LogP contribution in [0.25, 0.3) is 0 Å². The third kappa shape index (κ3) is 2.28. The summed E-state index contributed by atoms with van der Waals surface area (Å²) in [4.78, 5) is 11.4. The van der Waals surface area contributed by atoms with Gasteiger partial charge in [-0.1, -0.05) is 23.7 Å². The van der Waals surface area contributed by atoms with Crippen LogP contribution in [0.3, 0.4) is 0 Å². The van der Waals surface area contributed by atoms with Crippen LogP contribution in [0.5, 0.6) is 0 Å². The van der Waals surface area contributed by atoms with Gasteiger partial charge in [0.1, 0.15) is 0 Å². The number of hydrogen-bond acceptors (Lipinski definition) is 4. The molecule has 0 fully saturated rings. The molecule has 3 rings (SSSR count). The van der Waals surface area contributed by atoms with Crippen LogP contribution in [-0.2, 0) is 21.2 Å². The Morgan fingerprint density at radius 1 is 1.30 bits per heavy atom. The summed E-state index contributed by atoms with van der Waals surface area (Å²) in [6, 6.07) is 6.61. The summed E-state index contributed by atoms with van der Waals surface area (Å²) < 4.78 is 27.1. The fourth-order valence-electron chi connectivity index (χ4n) is 2.00. The summed E-state index contributed by atoms with van der Waals surface area (Å²) in [5.74, 6) is -0.152. The average Bonchev–Trinajstić information content (AvgIpc) is 2.94. The predicted octanol–water partition coefficient (Wildman–Crippen LogP) is 2.70. The molecule has 0 saturated carbocycles. The van der Waals surface area contributed by atoms with Gasteiger partial charge in [-0.2, -0.15) is 0 Å². The van der Waals surface area contributed by atoms with Gasteiger partial charge in [0.25, 0.3) is 10.0 Å². The van der Waals surface area contributed by atoms with Crippen molar-refractivity contribution in [1.29, 1.82) is 0 Å². The van der Waals surface area contributed by atoms with Crippen molar-refractivity contribution < 1.29 is 13.2 Å². The molecule has 2 N–H and O–H groups in total. The average molecular weight is 329 g/mol. The van der Waals surface area contributed by atoms with E-state index in [9.17, 15) is 13.2 Å². The molecule has 2 heterocycles. The number of rotatable bonds is 3. The molecule has 1 aliphatic heterocycles. The van der Waals surface area contributed by atoms with Crippen LogP contribution in [0, 0.1) is 0 Å². The summed E-state index contributed by atoms with van der Waals surface area (Å²) in [5, 5.41) is 4.44. The van der Waals surface area contributed by atoms with Gasteiger partial charge < -0.3 is 5.32 Å². The third-order valence-electron chi connectivity index (χ3n) is 2.84. The number of para-hydroxylation sites is 1. The third-order valence-corrected chi connectivity index (χ3v) is 6.23. The molecule has 0 spiro atoms. The number of amides is 1. The first-order valence-corrected chi connectivity index (χ1v) is 8.39. The molecule has 5 nitrogen and oxygen atoms in total. The highest BCUT2D eigenvalue weighted by Crippen LogP contribution is 2.34. The Labute approximate surface area is 124 Å². The van der Waals surface area contributed by atoms with Gasteiger partial charge in [-0.15, -0.1) is 11.3 Å². The van der Waals surface area contributed by atoms with Crippen molar-refractivity contribution in [3.8, 4) is 0 Å². The molecule has 1 aromatic heterocycles. The Morgan fingerprint density at radius 2 is 2.10 bits per heavy atom. The second kappa shape index (κ2) is 4.76. The van der Waals surface area contributed by atoms with Gasteiger partial charge in [0, 0.05) is 0 Å². The molecule has 0 bridgehead atoms. The van der Waals surface area contributed by atoms with Crippen molar-refractivity contribution >= 4 is 50.2 Å². The summed E-state index contributed by atoms with van der Waals surface area (Å²) in [5.41, 5.74) is 1.62. The first kappa shape index (κ1) is 13.4. The van der Waals surface area contributed by atoms with Gasteiger partial charge in [-0.25, -0.2) is 8.42 Å². The number of benzene rings is 1. The lowest BCUT2D eigenvalue weighted by Gasteiger charge is -2.11. The first-order chi connectivity index (χ1) is 9.47. The maximum atomic E-state index is 12.3. The topological polar surface area (TPSA) is 75.3 Å². The van der Waals surface area contributed by atoms with Crippen molar-refractivity contribution in [2.24, 2.45) is 0 Å². The maximum absolute atomic E-state index is 12.3. The molecule has 0 saturated heterocycles. The summed E-state index contributed by atoms with van der Waals surface area (Å²) >= 11 is 6.89. The van der Waals surface area contributed by atoms with Crippen LogP contribution >= 0.6 is 22.9 Å². The molecule has 2 aromatic rings. The number of thiophene rings is 1. The van der Waals surface area contributed by atoms with E-state index in [1.54, 1.807) is 23.6 Å². The number of sulfonamides is 1. The maximum Gasteiger partial charge on any atom is 0.272 e. The fourth-order valence-corrected chi connectivity index (χ4v) is 4.76. The Morgan fingerprint density at radius 3 is 2.80 bits per heavy atom. The number of nitrogens with one attached hydrogen (secondary N) is 2. The highest BCUT2D eigenvalue weighted by molar-refractivity contribution is 7.94. The van der Waals surface area contributed by atoms with Gasteiger partial charge in [0.2, 0.25) is 5.91 Å². The van der Waals surface area contributed by atoms with Crippen molar-refractivity contribution in [1.82, 2.24) is 0 Å². The lowest BCUT2D eigenvalue weighted by Crippen LogP contribution is -2.13. The molecule has 0 atom stereocenters. The molecule has 8 heteroatoms. The minimum absolute atomic E-state index is 0.0566. The molecule has 0 aliphatic carbocycles. The zero-order valence-corrected chi connectivity index (χ0v) is 12.4. The number of halogens is 1. The fraction of sp³-hybridized carbons (Fsp3) is 0.0833. The van der Waals surface area contributed by atoms with Crippen molar-refractivity contribution in [3.63, 3.8) is 0 Å². The van der Waals surface area contributed by atoms with Crippen LogP contribution in [-0.4, -0.2) is 14.3 Å². The Bertz CT molecular complexity index is 799. The molecule has 1 amide bonds. The SMILES string of the molecule is O=C1Cc2cccc(NS(=O)(=O)c3sccc3Cl)c2N1. The zero-order valence-electron chi connectivity index (χ0n) is 10.0. The van der Waals surface area contributed by atoms with E-state index < -0.39 is 10.0 Å². The predicted molar refractivity (Wildman–Crippen MR) is 78.9 cm³/mol. The smallest absolute Gasteiger partial charge is 0.272 e. The van der Waals surface area contributed by atoms with Crippen molar-refractivity contribution in [2.45, 2.75) is 10.6 Å². The van der Waals surface area contributed by atoms with E-state index in [4.69, 9.17) is 11.6 Å². The van der Waals surface area contributed by atoms with Crippen molar-refractivity contribution in [3.05, 3.63) is 40.2 Å². The first-order valence-electron chi connectivity index (χ1n) is 5.65. The number of hydrogen-bond donors (Lipinski definition) is 2. The van der Waals surface area contributed by atoms with E-state index >= 15 is 0 Å². The zero-order chi connectivity index (χ0) is 14.3. The standard InChI is InChI=1S/C12H9ClN2O3S2/c13-8-4-5-19-12(8)20(17,18)15-9-3-1-2-7-6-10(16)14-11(7)9/h1-5,15H,6H2,(H,14,16). The normalized spacial score (nSPS) is 13.9. The second-order valence-corrected chi connectivity index (χ2v) is 7.43. The van der Waals surface area contributed by atoms with E-state index in [2.05, 4.69) is 10.0 Å². The highest BCUT2D eigenvalue weighted by atomic mass is 35.5. The second-order valence-electron chi connectivity index (χ2n) is 4.23. The summed E-state index contributed by atoms with van der Waals surface area (Å²) in [6.07, 6.45) is 0.255. The largest absolute Gasteiger partial charge is 0.324 e. The minimum atomic E-state index is -3.75. The molecule has 20 heavy (non-hydrogen) atoms. The van der Waals surface area contributed by atoms with Crippen molar-refractivity contribution in [2.75, 3.05) is 10.0 Å². The minimum Gasteiger partial charge on any atom is -0.324 e. The number of fused-ring (bicyclic) bond motifs is 1. The summed E-state index contributed by atoms with van der Waals surface area (Å²) in [6.45, 7) is 0. The van der Waals surface area contributed by atoms with Crippen LogP contribution in [0.4, 0.5) is 11.4 Å². The lowest BCUT2D eigenvalue weighted by atomic mass is 10.1. The van der Waals surface area contributed by atoms with E-state index in [0.717, 1.165) is 16.9 Å². The monoisotopic (exact) mass is 328 g/mol. The summed E-state index contributed by atoms with van der Waals surface area (Å²) in [7, 11) is -3.75. The van der Waals surface area contributed by atoms with Gasteiger partial charge >= 0.3 is 0 Å². The molecule has 0 unspecified atom stereocenters. The van der Waals surface area contributed by atoms with Gasteiger partial charge in [-0.05, 0) is 23.1 Å². The molecular weight excluding hydrogens is 320 g/mol. The molecule has 1 aromatic carbocycles. The van der Waals surface area contributed by atoms with Gasteiger partial charge in [-0.3, -0.25) is 9.52 Å². The van der Waals surface area contributed by atoms with Crippen LogP contribution < -0.4 is 10.0 Å². The lowest BCUT2D eigenvalue weighted by molar-refractivity contribution is -0.115. The number of carbonyl (C=O) groups excluding carboxylic acids is 1. The van der Waals surface area contributed by atoms with E-state index in [-0.39, 0.29) is 21.6 Å². The van der Waals surface area contributed by atoms with Crippen LogP contribution in [0.15, 0.2) is 33.9 Å². The Kier molecular flexibility index (Phi) is 3.19. The Balaban J connectivity index is 1.99. The van der Waals surface area contributed by atoms with Crippen LogP contribution in [0.2, 0.25) is 5.02 Å². The van der Waals surface area contributed by atoms with E-state index in [0.29, 0.717) is 11.4 Å². The quantitative estimate of drug-likeness (QED) is 0.909. The van der Waals surface area contributed by atoms with Gasteiger partial charge in [0.15, 0.2) is 4.21 Å². The van der Waals surface area contributed by atoms with E-state index in [1.165, 1.54) is 6.07 Å². The molecule has 0 radical (unpaired) electrons. The molecule has 104 valence electrons. The van der Waals surface area contributed by atoms with E-state index in [1.807, 2.05) is 0 Å². The van der Waals surface area contributed by atoms with Gasteiger partial charge in [0.05, 0.1) is 22.8 Å².